The molecule has 0 aromatic carbocycles. The first-order valence-electron chi connectivity index (χ1n) is 5.20. The Kier molecular flexibility index (Phi) is 2.46. The van der Waals surface area contributed by atoms with Gasteiger partial charge < -0.3 is 4.74 Å². The molecule has 0 spiro atoms. The molecule has 88 valence electrons. The molecular weight excluding hydrogens is 248 g/mol. The highest BCUT2D eigenvalue weighted by atomic mass is 32.1. The lowest BCUT2D eigenvalue weighted by Crippen LogP contribution is -1.91. The molecule has 3 heterocycles. The minimum Gasteiger partial charge on any atom is -0.495 e. The molecule has 0 N–H and O–H groups in total. The first kappa shape index (κ1) is 10.7. The fraction of sp³-hybridized carbons (Fsp3) is 0.0833. The number of ether oxygens (including phenoxy) is 1. The van der Waals surface area contributed by atoms with Crippen molar-refractivity contribution in [2.45, 2.75) is 0 Å². The lowest BCUT2D eigenvalue weighted by molar-refractivity contribution is 0.418. The molecule has 0 atom stereocenters. The number of nitrogens with zero attached hydrogens (tertiary/aromatic N) is 4. The molecule has 5 nitrogen and oxygen atoms in total. The van der Waals surface area contributed by atoms with E-state index in [2.05, 4.69) is 16.3 Å². The summed E-state index contributed by atoms with van der Waals surface area (Å²) in [6.07, 6.45) is 1.73. The Labute approximate surface area is 107 Å². The molecule has 0 saturated heterocycles. The maximum absolute atomic E-state index is 8.93. The zero-order chi connectivity index (χ0) is 12.5. The van der Waals surface area contributed by atoms with Gasteiger partial charge in [0.1, 0.15) is 16.7 Å². The van der Waals surface area contributed by atoms with Gasteiger partial charge in [0.15, 0.2) is 11.5 Å². The third-order valence-corrected chi connectivity index (χ3v) is 3.48. The van der Waals surface area contributed by atoms with Gasteiger partial charge >= 0.3 is 0 Å². The fourth-order valence-electron chi connectivity index (χ4n) is 1.73. The number of aromatic nitrogens is 3. The number of fused-ring (bicyclic) bond motifs is 1. The Balaban J connectivity index is 2.27. The van der Waals surface area contributed by atoms with Gasteiger partial charge in [0, 0.05) is 6.20 Å². The molecule has 0 aliphatic heterocycles. The highest BCUT2D eigenvalue weighted by Gasteiger charge is 2.14. The fourth-order valence-corrected chi connectivity index (χ4v) is 2.57. The van der Waals surface area contributed by atoms with Crippen LogP contribution in [0.15, 0.2) is 29.8 Å². The Hall–Kier alpha value is -2.39. The van der Waals surface area contributed by atoms with Crippen LogP contribution < -0.4 is 4.74 Å². The molecule has 0 aliphatic carbocycles. The van der Waals surface area contributed by atoms with Gasteiger partial charge in [0.25, 0.3) is 0 Å². The molecule has 0 aliphatic rings. The van der Waals surface area contributed by atoms with Crippen LogP contribution in [0.1, 0.15) is 5.56 Å². The third-order valence-electron chi connectivity index (χ3n) is 2.58. The van der Waals surface area contributed by atoms with Crippen molar-refractivity contribution in [2.75, 3.05) is 7.11 Å². The van der Waals surface area contributed by atoms with Crippen LogP contribution in [0.25, 0.3) is 16.3 Å². The summed E-state index contributed by atoms with van der Waals surface area (Å²) in [7, 11) is 1.62. The minimum absolute atomic E-state index is 0.569. The first-order valence-corrected chi connectivity index (χ1v) is 6.08. The second kappa shape index (κ2) is 4.13. The van der Waals surface area contributed by atoms with Gasteiger partial charge in [-0.3, -0.25) is 4.40 Å². The Morgan fingerprint density at radius 3 is 3.00 bits per heavy atom. The predicted molar refractivity (Wildman–Crippen MR) is 67.6 cm³/mol. The van der Waals surface area contributed by atoms with E-state index in [1.165, 1.54) is 11.3 Å². The van der Waals surface area contributed by atoms with Crippen molar-refractivity contribution in [1.82, 2.24) is 14.6 Å². The first-order chi connectivity index (χ1) is 8.83. The molecule has 18 heavy (non-hydrogen) atoms. The van der Waals surface area contributed by atoms with E-state index in [1.54, 1.807) is 29.8 Å². The van der Waals surface area contributed by atoms with Crippen LogP contribution in [0, 0.1) is 11.3 Å². The number of methoxy groups -OCH3 is 1. The number of hydrogen-bond acceptors (Lipinski definition) is 5. The van der Waals surface area contributed by atoms with E-state index in [9.17, 15) is 0 Å². The molecule has 0 amide bonds. The lowest BCUT2D eigenvalue weighted by Gasteiger charge is -2.01. The van der Waals surface area contributed by atoms with Gasteiger partial charge in [-0.1, -0.05) is 0 Å². The minimum atomic E-state index is 0.569. The van der Waals surface area contributed by atoms with Crippen LogP contribution in [-0.2, 0) is 0 Å². The topological polar surface area (TPSA) is 63.2 Å². The van der Waals surface area contributed by atoms with Gasteiger partial charge in [-0.15, -0.1) is 21.5 Å². The Morgan fingerprint density at radius 1 is 1.33 bits per heavy atom. The molecule has 0 fully saturated rings. The molecule has 0 bridgehead atoms. The third kappa shape index (κ3) is 1.53. The number of thiophene rings is 1. The van der Waals surface area contributed by atoms with E-state index in [0.29, 0.717) is 17.0 Å². The van der Waals surface area contributed by atoms with E-state index in [4.69, 9.17) is 10.00 Å². The Morgan fingerprint density at radius 2 is 2.22 bits per heavy atom. The van der Waals surface area contributed by atoms with E-state index >= 15 is 0 Å². The van der Waals surface area contributed by atoms with Crippen molar-refractivity contribution in [2.24, 2.45) is 0 Å². The molecular formula is C12H8N4OS. The average Bonchev–Trinajstić information content (AvgIpc) is 3.03. The van der Waals surface area contributed by atoms with E-state index in [-0.39, 0.29) is 0 Å². The molecule has 6 heteroatoms. The van der Waals surface area contributed by atoms with Crippen molar-refractivity contribution in [3.8, 4) is 22.5 Å². The quantitative estimate of drug-likeness (QED) is 0.706. The molecule has 0 unspecified atom stereocenters. The average molecular weight is 256 g/mol. The van der Waals surface area contributed by atoms with E-state index in [0.717, 1.165) is 10.6 Å². The van der Waals surface area contributed by atoms with Crippen LogP contribution in [-0.4, -0.2) is 21.7 Å². The number of pyridine rings is 1. The summed E-state index contributed by atoms with van der Waals surface area (Å²) >= 11 is 1.53. The van der Waals surface area contributed by atoms with Crippen molar-refractivity contribution >= 4 is 17.0 Å². The maximum atomic E-state index is 8.93. The van der Waals surface area contributed by atoms with Gasteiger partial charge in [-0.05, 0) is 23.6 Å². The lowest BCUT2D eigenvalue weighted by atomic mass is 10.3. The maximum Gasteiger partial charge on any atom is 0.182 e. The van der Waals surface area contributed by atoms with Crippen molar-refractivity contribution < 1.29 is 4.74 Å². The zero-order valence-corrected chi connectivity index (χ0v) is 10.3. The smallest absolute Gasteiger partial charge is 0.182 e. The monoisotopic (exact) mass is 256 g/mol. The Bertz CT molecular complexity index is 753. The predicted octanol–water partition coefficient (Wildman–Crippen LogP) is 2.34. The molecule has 0 saturated carbocycles. The van der Waals surface area contributed by atoms with Gasteiger partial charge in [0.2, 0.25) is 0 Å². The molecule has 0 radical (unpaired) electrons. The highest BCUT2D eigenvalue weighted by Crippen LogP contribution is 2.34. The second-order valence-electron chi connectivity index (χ2n) is 3.60. The SMILES string of the molecule is COc1ccsc1-c1nnc2ccc(C#N)cn12. The van der Waals surface area contributed by atoms with Crippen LogP contribution in [0.2, 0.25) is 0 Å². The van der Waals surface area contributed by atoms with Crippen LogP contribution in [0.4, 0.5) is 0 Å². The highest BCUT2D eigenvalue weighted by molar-refractivity contribution is 7.13. The van der Waals surface area contributed by atoms with E-state index in [1.807, 2.05) is 11.4 Å². The summed E-state index contributed by atoms with van der Waals surface area (Å²) in [5, 5.41) is 19.1. The summed E-state index contributed by atoms with van der Waals surface area (Å²) < 4.78 is 7.08. The zero-order valence-electron chi connectivity index (χ0n) is 9.49. The van der Waals surface area contributed by atoms with Gasteiger partial charge in [-0.25, -0.2) is 0 Å². The standard InChI is InChI=1S/C12H8N4OS/c1-17-9-4-5-18-11(9)12-15-14-10-3-2-8(6-13)7-16(10)12/h2-5,7H,1H3. The van der Waals surface area contributed by atoms with E-state index < -0.39 is 0 Å². The van der Waals surface area contributed by atoms with Gasteiger partial charge in [0.05, 0.1) is 12.7 Å². The van der Waals surface area contributed by atoms with Crippen LogP contribution in [0.3, 0.4) is 0 Å². The summed E-state index contributed by atoms with van der Waals surface area (Å²) in [6.45, 7) is 0. The summed E-state index contributed by atoms with van der Waals surface area (Å²) in [5.74, 6) is 1.45. The summed E-state index contributed by atoms with van der Waals surface area (Å²) in [5.41, 5.74) is 1.28. The number of rotatable bonds is 2. The van der Waals surface area contributed by atoms with Crippen molar-refractivity contribution in [3.05, 3.63) is 35.3 Å². The number of hydrogen-bond donors (Lipinski definition) is 0. The molecule has 3 aromatic rings. The second-order valence-corrected chi connectivity index (χ2v) is 4.52. The van der Waals surface area contributed by atoms with Crippen LogP contribution in [0.5, 0.6) is 5.75 Å². The van der Waals surface area contributed by atoms with Gasteiger partial charge in [-0.2, -0.15) is 5.26 Å². The molecule has 3 aromatic heterocycles. The molecule has 3 rings (SSSR count). The van der Waals surface area contributed by atoms with Crippen LogP contribution >= 0.6 is 11.3 Å². The van der Waals surface area contributed by atoms with Crippen molar-refractivity contribution in [1.29, 1.82) is 5.26 Å². The summed E-state index contributed by atoms with van der Waals surface area (Å²) in [6, 6.07) is 7.48. The normalized spacial score (nSPS) is 10.4. The number of nitriles is 1. The largest absolute Gasteiger partial charge is 0.495 e. The van der Waals surface area contributed by atoms with Crippen molar-refractivity contribution in [3.63, 3.8) is 0 Å². The summed E-state index contributed by atoms with van der Waals surface area (Å²) in [4.78, 5) is 0.903.